The molecule has 9 heteroatoms. The summed E-state index contributed by atoms with van der Waals surface area (Å²) >= 11 is 1.22. The first-order valence-corrected chi connectivity index (χ1v) is 9.32. The molecule has 4 N–H and O–H groups in total. The number of rotatable bonds is 5. The number of nitrogens with one attached hydrogen (secondary N) is 2. The summed E-state index contributed by atoms with van der Waals surface area (Å²) in [5.74, 6) is 0.0544. The molecule has 7 nitrogen and oxygen atoms in total. The highest BCUT2D eigenvalue weighted by Gasteiger charge is 2.20. The lowest BCUT2D eigenvalue weighted by molar-refractivity contribution is 0.100. The molecule has 1 saturated heterocycles. The monoisotopic (exact) mass is 387 g/mol. The topological polar surface area (TPSA) is 102 Å². The lowest BCUT2D eigenvalue weighted by Crippen LogP contribution is -2.20. The number of carbonyl (C=O) groups excluding carboxylic acids is 1. The third-order valence-corrected chi connectivity index (χ3v) is 5.67. The molecule has 0 radical (unpaired) electrons. The lowest BCUT2D eigenvalue weighted by atomic mass is 10.2. The van der Waals surface area contributed by atoms with Crippen LogP contribution in [0.1, 0.15) is 21.7 Å². The van der Waals surface area contributed by atoms with Crippen molar-refractivity contribution >= 4 is 39.0 Å². The van der Waals surface area contributed by atoms with Crippen molar-refractivity contribution in [1.29, 1.82) is 0 Å². The Balaban J connectivity index is 1.73. The third-order valence-electron chi connectivity index (χ3n) is 4.46. The number of benzene rings is 1. The van der Waals surface area contributed by atoms with Crippen molar-refractivity contribution in [1.82, 2.24) is 15.3 Å². The first kappa shape index (κ1) is 17.6. The number of aromatic nitrogens is 2. The zero-order chi connectivity index (χ0) is 19.0. The zero-order valence-corrected chi connectivity index (χ0v) is 15.4. The van der Waals surface area contributed by atoms with Gasteiger partial charge in [0.1, 0.15) is 34.6 Å². The normalized spacial score (nSPS) is 16.6. The molecule has 3 heterocycles. The maximum atomic E-state index is 13.8. The Hall–Kier alpha value is -2.78. The first-order valence-electron chi connectivity index (χ1n) is 8.51. The molecule has 1 aromatic carbocycles. The van der Waals surface area contributed by atoms with Gasteiger partial charge in [0.15, 0.2) is 0 Å². The van der Waals surface area contributed by atoms with Crippen molar-refractivity contribution in [3.8, 4) is 5.75 Å². The Morgan fingerprint density at radius 1 is 1.44 bits per heavy atom. The van der Waals surface area contributed by atoms with E-state index in [1.165, 1.54) is 29.8 Å². The van der Waals surface area contributed by atoms with Gasteiger partial charge in [-0.15, -0.1) is 11.3 Å². The summed E-state index contributed by atoms with van der Waals surface area (Å²) in [5, 5.41) is 7.14. The van der Waals surface area contributed by atoms with E-state index in [4.69, 9.17) is 10.5 Å². The average molecular weight is 387 g/mol. The number of aryl methyl sites for hydroxylation is 1. The van der Waals surface area contributed by atoms with E-state index in [1.54, 1.807) is 13.0 Å². The number of amides is 1. The fourth-order valence-corrected chi connectivity index (χ4v) is 4.14. The molecule has 140 valence electrons. The summed E-state index contributed by atoms with van der Waals surface area (Å²) in [4.78, 5) is 21.3. The number of hydrogen-bond donors (Lipinski definition) is 3. The number of halogens is 1. The van der Waals surface area contributed by atoms with Gasteiger partial charge in [0, 0.05) is 12.6 Å². The number of primary amides is 1. The van der Waals surface area contributed by atoms with Crippen LogP contribution in [0.3, 0.4) is 0 Å². The van der Waals surface area contributed by atoms with E-state index in [-0.39, 0.29) is 11.9 Å². The molecule has 1 atom stereocenters. The van der Waals surface area contributed by atoms with Crippen molar-refractivity contribution in [2.24, 2.45) is 5.73 Å². The van der Waals surface area contributed by atoms with Gasteiger partial charge in [-0.3, -0.25) is 4.79 Å². The van der Waals surface area contributed by atoms with Crippen LogP contribution in [0.4, 0.5) is 15.9 Å². The molecule has 0 aliphatic carbocycles. The molecule has 1 fully saturated rings. The zero-order valence-electron chi connectivity index (χ0n) is 14.6. The number of thiophene rings is 1. The highest BCUT2D eigenvalue weighted by molar-refractivity contribution is 7.20. The van der Waals surface area contributed by atoms with Crippen molar-refractivity contribution < 1.29 is 13.9 Å². The number of anilines is 2. The van der Waals surface area contributed by atoms with Crippen LogP contribution < -0.4 is 21.1 Å². The second-order valence-corrected chi connectivity index (χ2v) is 7.32. The van der Waals surface area contributed by atoms with E-state index in [0.717, 1.165) is 25.1 Å². The molecule has 0 spiro atoms. The molecule has 1 aliphatic rings. The van der Waals surface area contributed by atoms with Crippen LogP contribution in [0.5, 0.6) is 5.75 Å². The van der Waals surface area contributed by atoms with Gasteiger partial charge in [-0.05, 0) is 37.6 Å². The molecule has 0 saturated carbocycles. The number of hydrogen-bond acceptors (Lipinski definition) is 7. The second kappa shape index (κ2) is 7.09. The predicted molar refractivity (Wildman–Crippen MR) is 102 cm³/mol. The molecule has 3 aromatic rings. The smallest absolute Gasteiger partial charge is 0.259 e. The number of nitrogens with two attached hydrogens (primary N) is 1. The fourth-order valence-electron chi connectivity index (χ4n) is 3.13. The quantitative estimate of drug-likeness (QED) is 0.622. The van der Waals surface area contributed by atoms with E-state index in [0.29, 0.717) is 32.3 Å². The number of nitrogens with zero attached hydrogens (tertiary/aromatic N) is 2. The van der Waals surface area contributed by atoms with Crippen LogP contribution in [-0.4, -0.2) is 35.1 Å². The SMILES string of the molecule is Cc1c(C(N)=O)sc2ncnc(Nc3ccc(F)cc3O[C@H]3CCNC3)c12. The maximum Gasteiger partial charge on any atom is 0.259 e. The van der Waals surface area contributed by atoms with Gasteiger partial charge in [-0.1, -0.05) is 0 Å². The van der Waals surface area contributed by atoms with Gasteiger partial charge in [-0.2, -0.15) is 0 Å². The third kappa shape index (κ3) is 3.43. The Bertz CT molecular complexity index is 1020. The lowest BCUT2D eigenvalue weighted by Gasteiger charge is -2.17. The Morgan fingerprint density at radius 2 is 2.30 bits per heavy atom. The van der Waals surface area contributed by atoms with Gasteiger partial charge in [-0.25, -0.2) is 14.4 Å². The molecular weight excluding hydrogens is 369 g/mol. The minimum Gasteiger partial charge on any atom is -0.487 e. The van der Waals surface area contributed by atoms with Crippen molar-refractivity contribution in [3.63, 3.8) is 0 Å². The Labute approximate surface area is 158 Å². The summed E-state index contributed by atoms with van der Waals surface area (Å²) in [5.41, 5.74) is 6.76. The average Bonchev–Trinajstić information content (AvgIpc) is 3.26. The van der Waals surface area contributed by atoms with Crippen LogP contribution in [0, 0.1) is 12.7 Å². The van der Waals surface area contributed by atoms with Crippen LogP contribution in [0.25, 0.3) is 10.2 Å². The van der Waals surface area contributed by atoms with E-state index >= 15 is 0 Å². The summed E-state index contributed by atoms with van der Waals surface area (Å²) in [7, 11) is 0. The molecule has 2 aromatic heterocycles. The second-order valence-electron chi connectivity index (χ2n) is 6.32. The molecular formula is C18H18FN5O2S. The largest absolute Gasteiger partial charge is 0.487 e. The molecule has 1 aliphatic heterocycles. The summed E-state index contributed by atoms with van der Waals surface area (Å²) < 4.78 is 19.7. The van der Waals surface area contributed by atoms with Gasteiger partial charge >= 0.3 is 0 Å². The minimum absolute atomic E-state index is 0.0119. The summed E-state index contributed by atoms with van der Waals surface area (Å²) in [6.07, 6.45) is 2.26. The van der Waals surface area contributed by atoms with Gasteiger partial charge in [0.05, 0.1) is 16.0 Å². The summed E-state index contributed by atoms with van der Waals surface area (Å²) in [6, 6.07) is 4.32. The van der Waals surface area contributed by atoms with Crippen LogP contribution in [0.2, 0.25) is 0 Å². The molecule has 0 unspecified atom stereocenters. The maximum absolute atomic E-state index is 13.8. The standard InChI is InChI=1S/C18H18FN5O2S/c1-9-14-17(22-8-23-18(14)27-15(9)16(20)25)24-12-3-2-10(19)6-13(12)26-11-4-5-21-7-11/h2-3,6,8,11,21H,4-5,7H2,1H3,(H2,20,25)(H,22,23,24)/t11-/m0/s1. The Morgan fingerprint density at radius 3 is 3.04 bits per heavy atom. The van der Waals surface area contributed by atoms with E-state index in [9.17, 15) is 9.18 Å². The van der Waals surface area contributed by atoms with E-state index < -0.39 is 5.91 Å². The fraction of sp³-hybridized carbons (Fsp3) is 0.278. The van der Waals surface area contributed by atoms with Gasteiger partial charge < -0.3 is 21.1 Å². The van der Waals surface area contributed by atoms with Crippen LogP contribution >= 0.6 is 11.3 Å². The van der Waals surface area contributed by atoms with E-state index in [2.05, 4.69) is 20.6 Å². The molecule has 0 bridgehead atoms. The van der Waals surface area contributed by atoms with Crippen molar-refractivity contribution in [2.45, 2.75) is 19.4 Å². The highest BCUT2D eigenvalue weighted by Crippen LogP contribution is 2.36. The molecule has 1 amide bonds. The highest BCUT2D eigenvalue weighted by atomic mass is 32.1. The summed E-state index contributed by atoms with van der Waals surface area (Å²) in [6.45, 7) is 3.40. The molecule has 4 rings (SSSR count). The van der Waals surface area contributed by atoms with E-state index in [1.807, 2.05) is 0 Å². The van der Waals surface area contributed by atoms with Crippen LogP contribution in [0.15, 0.2) is 24.5 Å². The number of carbonyl (C=O) groups is 1. The van der Waals surface area contributed by atoms with Crippen molar-refractivity contribution in [3.05, 3.63) is 40.8 Å². The predicted octanol–water partition coefficient (Wildman–Crippen LogP) is 2.72. The van der Waals surface area contributed by atoms with Gasteiger partial charge in [0.25, 0.3) is 5.91 Å². The Kier molecular flexibility index (Phi) is 4.63. The number of ether oxygens (including phenoxy) is 1. The van der Waals surface area contributed by atoms with Gasteiger partial charge in [0.2, 0.25) is 0 Å². The van der Waals surface area contributed by atoms with Crippen LogP contribution in [-0.2, 0) is 0 Å². The minimum atomic E-state index is -0.499. The first-order chi connectivity index (χ1) is 13.0. The molecule has 27 heavy (non-hydrogen) atoms. The van der Waals surface area contributed by atoms with Crippen molar-refractivity contribution in [2.75, 3.05) is 18.4 Å². The number of fused-ring (bicyclic) bond motifs is 1.